The summed E-state index contributed by atoms with van der Waals surface area (Å²) in [6.45, 7) is 3.37. The zero-order chi connectivity index (χ0) is 20.6. The van der Waals surface area contributed by atoms with Crippen LogP contribution in [0.2, 0.25) is 0 Å². The summed E-state index contributed by atoms with van der Waals surface area (Å²) in [7, 11) is 3.00. The van der Waals surface area contributed by atoms with E-state index in [1.54, 1.807) is 36.4 Å². The molecule has 0 amide bonds. The lowest BCUT2D eigenvalue weighted by Gasteiger charge is -2.47. The maximum Gasteiger partial charge on any atom is 0.229 e. The van der Waals surface area contributed by atoms with Crippen LogP contribution in [0.3, 0.4) is 0 Å². The number of carbonyl (C=O) groups is 2. The van der Waals surface area contributed by atoms with Crippen LogP contribution in [0.4, 0.5) is 0 Å². The molecule has 1 aromatic carbocycles. The summed E-state index contributed by atoms with van der Waals surface area (Å²) < 4.78 is 17.0. The van der Waals surface area contributed by atoms with Gasteiger partial charge in [-0.2, -0.15) is 0 Å². The predicted molar refractivity (Wildman–Crippen MR) is 107 cm³/mol. The highest BCUT2D eigenvalue weighted by atomic mass is 16.5. The molecule has 1 aromatic heterocycles. The Labute approximate surface area is 170 Å². The SMILES string of the molecule is COc1ccccc1C(=O)C1=C(N2CCCCC2)C(OC)(c2ccc(C)o2)C1=O. The van der Waals surface area contributed by atoms with Gasteiger partial charge in [-0.25, -0.2) is 0 Å². The Bertz CT molecular complexity index is 983. The Kier molecular flexibility index (Phi) is 5.04. The first kappa shape index (κ1) is 19.5. The fourth-order valence-electron chi connectivity index (χ4n) is 4.32. The molecule has 4 rings (SSSR count). The Morgan fingerprint density at radius 1 is 1.07 bits per heavy atom. The van der Waals surface area contributed by atoms with Crippen molar-refractivity contribution in [3.63, 3.8) is 0 Å². The lowest BCUT2D eigenvalue weighted by Crippen LogP contribution is -2.57. The van der Waals surface area contributed by atoms with Crippen LogP contribution in [-0.2, 0) is 15.1 Å². The van der Waals surface area contributed by atoms with Crippen molar-refractivity contribution in [1.82, 2.24) is 4.90 Å². The number of aryl methyl sites for hydroxylation is 1. The van der Waals surface area contributed by atoms with Gasteiger partial charge in [0.25, 0.3) is 0 Å². The molecule has 29 heavy (non-hydrogen) atoms. The van der Waals surface area contributed by atoms with E-state index in [1.165, 1.54) is 14.2 Å². The van der Waals surface area contributed by atoms with Gasteiger partial charge in [0, 0.05) is 20.2 Å². The first-order valence-corrected chi connectivity index (χ1v) is 9.89. The molecule has 0 N–H and O–H groups in total. The fraction of sp³-hybridized carbons (Fsp3) is 0.391. The van der Waals surface area contributed by atoms with Crippen molar-refractivity contribution in [2.24, 2.45) is 0 Å². The number of likely N-dealkylation sites (tertiary alicyclic amines) is 1. The van der Waals surface area contributed by atoms with Gasteiger partial charge in [0.05, 0.1) is 23.9 Å². The summed E-state index contributed by atoms with van der Waals surface area (Å²) in [5.41, 5.74) is -0.242. The van der Waals surface area contributed by atoms with Gasteiger partial charge in [0.2, 0.25) is 17.2 Å². The third kappa shape index (κ3) is 2.90. The lowest BCUT2D eigenvalue weighted by atomic mass is 9.70. The van der Waals surface area contributed by atoms with Crippen LogP contribution >= 0.6 is 0 Å². The number of nitrogens with zero attached hydrogens (tertiary/aromatic N) is 1. The molecule has 0 bridgehead atoms. The minimum Gasteiger partial charge on any atom is -0.496 e. The van der Waals surface area contributed by atoms with Gasteiger partial charge < -0.3 is 18.8 Å². The maximum atomic E-state index is 13.5. The van der Waals surface area contributed by atoms with Gasteiger partial charge in [-0.15, -0.1) is 0 Å². The van der Waals surface area contributed by atoms with Gasteiger partial charge >= 0.3 is 0 Å². The van der Waals surface area contributed by atoms with Gasteiger partial charge in [-0.1, -0.05) is 12.1 Å². The molecule has 152 valence electrons. The topological polar surface area (TPSA) is 69.0 Å². The van der Waals surface area contributed by atoms with Gasteiger partial charge in [0.15, 0.2) is 0 Å². The van der Waals surface area contributed by atoms with Crippen LogP contribution < -0.4 is 4.74 Å². The van der Waals surface area contributed by atoms with Crippen LogP contribution in [0, 0.1) is 6.92 Å². The molecule has 1 aliphatic carbocycles. The van der Waals surface area contributed by atoms with Crippen molar-refractivity contribution in [3.8, 4) is 5.75 Å². The number of ketones is 2. The first-order valence-electron chi connectivity index (χ1n) is 9.89. The van der Waals surface area contributed by atoms with Crippen molar-refractivity contribution in [1.29, 1.82) is 0 Å². The number of para-hydroxylation sites is 1. The van der Waals surface area contributed by atoms with Crippen molar-refractivity contribution >= 4 is 11.6 Å². The zero-order valence-corrected chi connectivity index (χ0v) is 17.0. The summed E-state index contributed by atoms with van der Waals surface area (Å²) in [5.74, 6) is 0.834. The monoisotopic (exact) mass is 395 g/mol. The van der Waals surface area contributed by atoms with E-state index in [-0.39, 0.29) is 17.1 Å². The molecule has 2 heterocycles. The third-order valence-electron chi connectivity index (χ3n) is 5.76. The molecular weight excluding hydrogens is 370 g/mol. The Morgan fingerprint density at radius 2 is 1.79 bits per heavy atom. The Balaban J connectivity index is 1.88. The van der Waals surface area contributed by atoms with E-state index < -0.39 is 5.60 Å². The average molecular weight is 395 g/mol. The van der Waals surface area contributed by atoms with Crippen molar-refractivity contribution in [2.75, 3.05) is 27.3 Å². The molecule has 0 saturated carbocycles. The third-order valence-corrected chi connectivity index (χ3v) is 5.76. The highest BCUT2D eigenvalue weighted by molar-refractivity contribution is 6.34. The molecule has 0 radical (unpaired) electrons. The van der Waals surface area contributed by atoms with Crippen molar-refractivity contribution in [2.45, 2.75) is 31.8 Å². The van der Waals surface area contributed by atoms with Gasteiger partial charge in [-0.05, 0) is 50.5 Å². The Morgan fingerprint density at radius 3 is 2.41 bits per heavy atom. The lowest BCUT2D eigenvalue weighted by molar-refractivity contribution is -0.144. The maximum absolute atomic E-state index is 13.5. The molecule has 6 heteroatoms. The molecule has 1 aliphatic heterocycles. The number of hydrogen-bond acceptors (Lipinski definition) is 6. The van der Waals surface area contributed by atoms with Crippen LogP contribution in [0.15, 0.2) is 52.1 Å². The number of hydrogen-bond donors (Lipinski definition) is 0. The van der Waals surface area contributed by atoms with Crippen LogP contribution in [0.25, 0.3) is 0 Å². The zero-order valence-electron chi connectivity index (χ0n) is 17.0. The number of carbonyl (C=O) groups excluding carboxylic acids is 2. The van der Waals surface area contributed by atoms with Crippen LogP contribution in [-0.4, -0.2) is 43.8 Å². The first-order chi connectivity index (χ1) is 14.0. The number of Topliss-reactive ketones (excluding diaryl/α,β-unsaturated/α-hetero) is 2. The normalized spacial score (nSPS) is 21.9. The smallest absolute Gasteiger partial charge is 0.229 e. The highest BCUT2D eigenvalue weighted by Crippen LogP contribution is 2.50. The van der Waals surface area contributed by atoms with Gasteiger partial charge in [0.1, 0.15) is 17.3 Å². The standard InChI is InChI=1S/C23H25NO5/c1-15-11-12-18(29-15)23(28-3)21(24-13-7-4-8-14-24)19(22(23)26)20(25)16-9-5-6-10-17(16)27-2/h5-6,9-12H,4,7-8,13-14H2,1-3H3. The number of furan rings is 1. The highest BCUT2D eigenvalue weighted by Gasteiger charge is 2.62. The number of methoxy groups -OCH3 is 2. The van der Waals surface area contributed by atoms with Crippen LogP contribution in [0.1, 0.15) is 41.1 Å². The fourth-order valence-corrected chi connectivity index (χ4v) is 4.32. The summed E-state index contributed by atoms with van der Waals surface area (Å²) in [6.07, 6.45) is 3.14. The minimum atomic E-state index is -1.38. The summed E-state index contributed by atoms with van der Waals surface area (Å²) >= 11 is 0. The number of rotatable bonds is 6. The van der Waals surface area contributed by atoms with E-state index >= 15 is 0 Å². The molecular formula is C23H25NO5. The molecule has 0 spiro atoms. The van der Waals surface area contributed by atoms with E-state index in [2.05, 4.69) is 4.90 Å². The summed E-state index contributed by atoms with van der Waals surface area (Å²) in [4.78, 5) is 29.0. The van der Waals surface area contributed by atoms with Crippen molar-refractivity contribution < 1.29 is 23.5 Å². The molecule has 1 saturated heterocycles. The van der Waals surface area contributed by atoms with E-state index in [0.717, 1.165) is 32.4 Å². The quantitative estimate of drug-likeness (QED) is 0.549. The van der Waals surface area contributed by atoms with Crippen LogP contribution in [0.5, 0.6) is 5.75 Å². The largest absolute Gasteiger partial charge is 0.496 e. The van der Waals surface area contributed by atoms with E-state index in [9.17, 15) is 9.59 Å². The molecule has 6 nitrogen and oxygen atoms in total. The second-order valence-electron chi connectivity index (χ2n) is 7.43. The number of piperidine rings is 1. The second kappa shape index (κ2) is 7.52. The number of ether oxygens (including phenoxy) is 2. The average Bonchev–Trinajstić information content (AvgIpc) is 3.19. The summed E-state index contributed by atoms with van der Waals surface area (Å²) in [5, 5.41) is 0. The molecule has 2 aromatic rings. The summed E-state index contributed by atoms with van der Waals surface area (Å²) in [6, 6.07) is 10.5. The molecule has 1 atom stereocenters. The molecule has 1 fully saturated rings. The number of benzene rings is 1. The molecule has 1 unspecified atom stereocenters. The van der Waals surface area contributed by atoms with Crippen molar-refractivity contribution in [3.05, 3.63) is 64.8 Å². The van der Waals surface area contributed by atoms with E-state index in [4.69, 9.17) is 13.9 Å². The Hall–Kier alpha value is -2.86. The van der Waals surface area contributed by atoms with Gasteiger partial charge in [-0.3, -0.25) is 9.59 Å². The van der Waals surface area contributed by atoms with E-state index in [0.29, 0.717) is 28.5 Å². The van der Waals surface area contributed by atoms with E-state index in [1.807, 2.05) is 6.92 Å². The predicted octanol–water partition coefficient (Wildman–Crippen LogP) is 3.64. The molecule has 2 aliphatic rings. The minimum absolute atomic E-state index is 0.160. The second-order valence-corrected chi connectivity index (χ2v) is 7.43.